The lowest BCUT2D eigenvalue weighted by Gasteiger charge is -2.15. The molecule has 0 amide bonds. The molecule has 0 N–H and O–H groups in total. The smallest absolute Gasteiger partial charge is 0.220 e. The molecule has 0 saturated carbocycles. The van der Waals surface area contributed by atoms with Gasteiger partial charge in [0, 0.05) is 21.8 Å². The first-order chi connectivity index (χ1) is 26.8. The molecule has 0 radical (unpaired) electrons. The number of benzene rings is 7. The van der Waals surface area contributed by atoms with Crippen molar-refractivity contribution in [2.45, 2.75) is 0 Å². The van der Waals surface area contributed by atoms with Gasteiger partial charge in [-0.15, -0.1) is 0 Å². The van der Waals surface area contributed by atoms with Crippen molar-refractivity contribution in [2.75, 3.05) is 0 Å². The molecule has 0 atom stereocenters. The third-order valence-corrected chi connectivity index (χ3v) is 12.1. The number of fused-ring (bicyclic) bond motifs is 15. The van der Waals surface area contributed by atoms with Crippen LogP contribution in [0.25, 0.3) is 104 Å². The van der Waals surface area contributed by atoms with E-state index in [1.807, 2.05) is 0 Å². The quantitative estimate of drug-likeness (QED) is 0.183. The summed E-state index contributed by atoms with van der Waals surface area (Å²) in [5.41, 5.74) is 14.2. The molecule has 0 aliphatic carbocycles. The molecule has 0 saturated heterocycles. The van der Waals surface area contributed by atoms with Gasteiger partial charge >= 0.3 is 0 Å². The number of imidazole rings is 3. The van der Waals surface area contributed by atoms with Gasteiger partial charge in [-0.25, -0.2) is 9.97 Å². The van der Waals surface area contributed by atoms with Crippen molar-refractivity contribution in [3.63, 3.8) is 0 Å². The molecular formula is C46H27N7S. The van der Waals surface area contributed by atoms with Crippen molar-refractivity contribution in [1.29, 1.82) is 0 Å². The number of hydrogen-bond donors (Lipinski definition) is 0. The van der Waals surface area contributed by atoms with Crippen LogP contribution in [0.1, 0.15) is 0 Å². The Morgan fingerprint density at radius 2 is 1.04 bits per heavy atom. The second-order valence-electron chi connectivity index (χ2n) is 13.9. The van der Waals surface area contributed by atoms with Crippen LogP contribution < -0.4 is 0 Å². The van der Waals surface area contributed by atoms with Gasteiger partial charge in [0.2, 0.25) is 5.78 Å². The number of nitrogens with zero attached hydrogens (tertiary/aromatic N) is 7. The second kappa shape index (κ2) is 10.2. The van der Waals surface area contributed by atoms with Gasteiger partial charge in [0.25, 0.3) is 0 Å². The zero-order valence-electron chi connectivity index (χ0n) is 28.6. The number of aromatic nitrogens is 7. The van der Waals surface area contributed by atoms with E-state index in [4.69, 9.17) is 9.97 Å². The van der Waals surface area contributed by atoms with Crippen LogP contribution in [0.3, 0.4) is 0 Å². The van der Waals surface area contributed by atoms with E-state index in [0.29, 0.717) is 0 Å². The molecule has 6 heterocycles. The zero-order valence-corrected chi connectivity index (χ0v) is 29.4. The maximum Gasteiger partial charge on any atom is 0.220 e. The average Bonchev–Trinajstić information content (AvgIpc) is 4.05. The summed E-state index contributed by atoms with van der Waals surface area (Å²) in [4.78, 5) is 11.5. The molecule has 6 aromatic heterocycles. The summed E-state index contributed by atoms with van der Waals surface area (Å²) in [5.74, 6) is 0.894. The van der Waals surface area contributed by atoms with Gasteiger partial charge in [0.05, 0.1) is 60.2 Å². The van der Waals surface area contributed by atoms with Gasteiger partial charge in [-0.3, -0.25) is 22.5 Å². The third kappa shape index (κ3) is 3.55. The Balaban J connectivity index is 1.14. The summed E-state index contributed by atoms with van der Waals surface area (Å²) < 4.78 is 13.0. The van der Waals surface area contributed by atoms with Gasteiger partial charge in [-0.1, -0.05) is 96.3 Å². The number of thiazole rings is 1. The Labute approximate surface area is 310 Å². The molecule has 0 spiro atoms. The Morgan fingerprint density at radius 3 is 1.85 bits per heavy atom. The summed E-state index contributed by atoms with van der Waals surface area (Å²) in [6, 6.07) is 58.6. The molecule has 0 aliphatic heterocycles. The monoisotopic (exact) mass is 709 g/mol. The number of hydrogen-bond acceptors (Lipinski definition) is 3. The van der Waals surface area contributed by atoms with Gasteiger partial charge in [0.15, 0.2) is 4.96 Å². The van der Waals surface area contributed by atoms with Crippen LogP contribution in [-0.2, 0) is 0 Å². The highest BCUT2D eigenvalue weighted by atomic mass is 32.1. The Morgan fingerprint density at radius 1 is 0.426 bits per heavy atom. The molecule has 8 heteroatoms. The van der Waals surface area contributed by atoms with Crippen molar-refractivity contribution < 1.29 is 0 Å². The highest BCUT2D eigenvalue weighted by molar-refractivity contribution is 7.23. The average molecular weight is 710 g/mol. The molecule has 0 bridgehead atoms. The maximum atomic E-state index is 5.34. The van der Waals surface area contributed by atoms with Crippen molar-refractivity contribution in [3.05, 3.63) is 164 Å². The topological polar surface area (TPSA) is 49.4 Å². The predicted molar refractivity (Wildman–Crippen MR) is 222 cm³/mol. The first kappa shape index (κ1) is 28.4. The van der Waals surface area contributed by atoms with Crippen molar-refractivity contribution >= 4 is 98.2 Å². The fourth-order valence-corrected chi connectivity index (χ4v) is 9.98. The van der Waals surface area contributed by atoms with Crippen molar-refractivity contribution in [1.82, 2.24) is 32.5 Å². The molecule has 13 aromatic rings. The molecular weight excluding hydrogens is 683 g/mol. The van der Waals surface area contributed by atoms with Crippen LogP contribution in [0, 0.1) is 0 Å². The van der Waals surface area contributed by atoms with Gasteiger partial charge in [-0.2, -0.15) is 0 Å². The first-order valence-corrected chi connectivity index (χ1v) is 18.9. The lowest BCUT2D eigenvalue weighted by Crippen LogP contribution is -2.03. The molecule has 252 valence electrons. The normalized spacial score (nSPS) is 12.4. The highest BCUT2D eigenvalue weighted by Gasteiger charge is 2.25. The minimum atomic E-state index is 0.894. The van der Waals surface area contributed by atoms with Crippen LogP contribution in [0.2, 0.25) is 0 Å². The van der Waals surface area contributed by atoms with E-state index in [1.165, 1.54) is 26.4 Å². The van der Waals surface area contributed by atoms with E-state index in [0.717, 1.165) is 77.6 Å². The molecule has 7 aromatic carbocycles. The van der Waals surface area contributed by atoms with Gasteiger partial charge in [0.1, 0.15) is 11.2 Å². The highest BCUT2D eigenvalue weighted by Crippen LogP contribution is 2.43. The van der Waals surface area contributed by atoms with Crippen LogP contribution >= 0.6 is 11.3 Å². The molecule has 0 fully saturated rings. The van der Waals surface area contributed by atoms with Crippen molar-refractivity contribution in [3.8, 4) is 17.1 Å². The molecule has 7 nitrogen and oxygen atoms in total. The summed E-state index contributed by atoms with van der Waals surface area (Å²) in [6.07, 6.45) is 0. The fourth-order valence-electron chi connectivity index (χ4n) is 8.95. The van der Waals surface area contributed by atoms with E-state index >= 15 is 0 Å². The predicted octanol–water partition coefficient (Wildman–Crippen LogP) is 11.5. The van der Waals surface area contributed by atoms with E-state index in [1.54, 1.807) is 11.3 Å². The summed E-state index contributed by atoms with van der Waals surface area (Å²) in [5, 5.41) is 3.65. The van der Waals surface area contributed by atoms with Crippen LogP contribution in [0.4, 0.5) is 0 Å². The van der Waals surface area contributed by atoms with Crippen LogP contribution in [-0.4, -0.2) is 32.5 Å². The SMILES string of the molecule is c1cc(-n2c3ccccc3c3c4ccccc4n(-c4cccc5c4nc4sc6ccccc6n45)c32)cc(-n2c3ccccc3n3c4ccccc4nc23)c1. The van der Waals surface area contributed by atoms with E-state index < -0.39 is 0 Å². The molecule has 0 aliphatic rings. The van der Waals surface area contributed by atoms with Gasteiger partial charge in [-0.05, 0) is 78.9 Å². The Kier molecular flexibility index (Phi) is 5.39. The minimum absolute atomic E-state index is 0.894. The Bertz CT molecular complexity index is 3700. The second-order valence-corrected chi connectivity index (χ2v) is 14.9. The summed E-state index contributed by atoms with van der Waals surface area (Å²) in [7, 11) is 0. The maximum absolute atomic E-state index is 5.34. The first-order valence-electron chi connectivity index (χ1n) is 18.1. The minimum Gasteiger partial charge on any atom is -0.295 e. The summed E-state index contributed by atoms with van der Waals surface area (Å²) in [6.45, 7) is 0. The fraction of sp³-hybridized carbons (Fsp3) is 0. The van der Waals surface area contributed by atoms with Gasteiger partial charge < -0.3 is 0 Å². The van der Waals surface area contributed by atoms with Crippen molar-refractivity contribution in [2.24, 2.45) is 0 Å². The molecule has 54 heavy (non-hydrogen) atoms. The standard InChI is InChI=1S/C46H27N7S/c1-4-18-33-30(15-1)42-31-16-2-5-19-34(31)51(39-24-12-25-40-43(39)48-46-53(40)38-23-9-10-26-41(38)54-46)44(42)49(33)28-13-11-14-29(27-28)50-36-21-7-8-22-37(36)52-35-20-6-3-17-32(35)47-45(50)52/h1-27H. The van der Waals surface area contributed by atoms with E-state index in [9.17, 15) is 0 Å². The number of para-hydroxylation sites is 8. The van der Waals surface area contributed by atoms with Crippen LogP contribution in [0.15, 0.2) is 164 Å². The van der Waals surface area contributed by atoms with Crippen LogP contribution in [0.5, 0.6) is 0 Å². The Hall–Kier alpha value is -7.16. The number of rotatable bonds is 3. The molecule has 0 unspecified atom stereocenters. The summed E-state index contributed by atoms with van der Waals surface area (Å²) >= 11 is 1.74. The largest absolute Gasteiger partial charge is 0.295 e. The third-order valence-electron chi connectivity index (χ3n) is 11.1. The lowest BCUT2D eigenvalue weighted by molar-refractivity contribution is 1.06. The lowest BCUT2D eigenvalue weighted by atomic mass is 10.1. The van der Waals surface area contributed by atoms with E-state index in [2.05, 4.69) is 186 Å². The molecule has 13 rings (SSSR count). The van der Waals surface area contributed by atoms with E-state index in [-0.39, 0.29) is 0 Å². The zero-order chi connectivity index (χ0) is 35.1.